The topological polar surface area (TPSA) is 100 Å². The second kappa shape index (κ2) is 6.44. The second-order valence-electron chi connectivity index (χ2n) is 4.08. The number of nitro benzene ring substituents is 1. The summed E-state index contributed by atoms with van der Waals surface area (Å²) < 4.78 is 6.09. The molecule has 0 amide bonds. The number of aromatic nitrogens is 3. The van der Waals surface area contributed by atoms with Gasteiger partial charge in [-0.05, 0) is 12.1 Å². The van der Waals surface area contributed by atoms with Crippen molar-refractivity contribution in [1.82, 2.24) is 14.8 Å². The summed E-state index contributed by atoms with van der Waals surface area (Å²) in [5.41, 5.74) is 0.660. The molecule has 1 aromatic heterocycles. The average molecular weight is 355 g/mol. The lowest BCUT2D eigenvalue weighted by Gasteiger charge is -2.06. The van der Waals surface area contributed by atoms with Crippen molar-refractivity contribution in [2.45, 2.75) is 11.4 Å². The first kappa shape index (κ1) is 15.1. The van der Waals surface area contributed by atoms with Crippen LogP contribution in [0.5, 0.6) is 0 Å². The first-order chi connectivity index (χ1) is 10.0. The monoisotopic (exact) mass is 354 g/mol. The molecule has 9 heteroatoms. The van der Waals surface area contributed by atoms with Gasteiger partial charge in [-0.15, -0.1) is 0 Å². The Morgan fingerprint density at radius 3 is 2.71 bits per heavy atom. The van der Waals surface area contributed by atoms with Crippen LogP contribution < -0.4 is 0 Å². The summed E-state index contributed by atoms with van der Waals surface area (Å²) in [6.45, 7) is 0.270. The van der Waals surface area contributed by atoms with E-state index in [2.05, 4.69) is 30.7 Å². The van der Waals surface area contributed by atoms with Gasteiger partial charge in [-0.3, -0.25) is 19.6 Å². The number of ether oxygens (including phenoxy) is 1. The van der Waals surface area contributed by atoms with Crippen LogP contribution in [0.15, 0.2) is 30.6 Å². The fourth-order valence-electron chi connectivity index (χ4n) is 1.61. The first-order valence-corrected chi connectivity index (χ1v) is 6.79. The number of nitro groups is 1. The maximum atomic E-state index is 11.3. The maximum Gasteiger partial charge on any atom is 0.321 e. The van der Waals surface area contributed by atoms with Crippen molar-refractivity contribution in [1.29, 1.82) is 0 Å². The highest BCUT2D eigenvalue weighted by Crippen LogP contribution is 2.19. The average Bonchev–Trinajstić information content (AvgIpc) is 2.94. The number of methoxy groups -OCH3 is 1. The Labute approximate surface area is 128 Å². The molecular weight excluding hydrogens is 344 g/mol. The lowest BCUT2D eigenvalue weighted by Crippen LogP contribution is -2.21. The molecule has 2 rings (SSSR count). The summed E-state index contributed by atoms with van der Waals surface area (Å²) in [6.07, 6.45) is 1.48. The van der Waals surface area contributed by atoms with E-state index in [-0.39, 0.29) is 12.2 Å². The Morgan fingerprint density at radius 1 is 1.48 bits per heavy atom. The smallest absolute Gasteiger partial charge is 0.321 e. The Bertz CT molecular complexity index is 656. The van der Waals surface area contributed by atoms with Gasteiger partial charge in [0.25, 0.3) is 5.69 Å². The SMILES string of the molecule is COC(=O)C(Br)Cn1cnc(-c2ccc([N+](=O)[O-])cc2)n1. The van der Waals surface area contributed by atoms with Gasteiger partial charge in [-0.1, -0.05) is 15.9 Å². The van der Waals surface area contributed by atoms with Crippen LogP contribution in [0, 0.1) is 10.1 Å². The minimum Gasteiger partial charge on any atom is -0.468 e. The van der Waals surface area contributed by atoms with Gasteiger partial charge in [0.2, 0.25) is 0 Å². The largest absolute Gasteiger partial charge is 0.468 e. The molecule has 0 spiro atoms. The number of hydrogen-bond acceptors (Lipinski definition) is 6. The van der Waals surface area contributed by atoms with E-state index in [0.717, 1.165) is 0 Å². The summed E-state index contributed by atoms with van der Waals surface area (Å²) in [7, 11) is 1.31. The van der Waals surface area contributed by atoms with Crippen molar-refractivity contribution in [3.63, 3.8) is 0 Å². The van der Waals surface area contributed by atoms with Gasteiger partial charge in [-0.25, -0.2) is 4.98 Å². The number of halogens is 1. The minimum atomic E-state index is -0.520. The zero-order chi connectivity index (χ0) is 15.4. The molecule has 21 heavy (non-hydrogen) atoms. The van der Waals surface area contributed by atoms with E-state index in [1.54, 1.807) is 12.1 Å². The van der Waals surface area contributed by atoms with Gasteiger partial charge in [0.05, 0.1) is 18.6 Å². The van der Waals surface area contributed by atoms with Crippen LogP contribution in [0.2, 0.25) is 0 Å². The zero-order valence-electron chi connectivity index (χ0n) is 11.0. The van der Waals surface area contributed by atoms with E-state index in [0.29, 0.717) is 11.4 Å². The first-order valence-electron chi connectivity index (χ1n) is 5.87. The summed E-state index contributed by atoms with van der Waals surface area (Å²) in [5.74, 6) is 0.0249. The van der Waals surface area contributed by atoms with Crippen LogP contribution in [0.1, 0.15) is 0 Å². The van der Waals surface area contributed by atoms with Crippen molar-refractivity contribution in [3.8, 4) is 11.4 Å². The molecule has 0 saturated carbocycles. The van der Waals surface area contributed by atoms with Crippen LogP contribution >= 0.6 is 15.9 Å². The number of carbonyl (C=O) groups excluding carboxylic acids is 1. The minimum absolute atomic E-state index is 0.00407. The number of benzene rings is 1. The molecule has 0 bridgehead atoms. The standard InChI is InChI=1S/C12H11BrN4O4/c1-21-12(18)10(13)6-16-7-14-11(15-16)8-2-4-9(5-3-8)17(19)20/h2-5,7,10H,6H2,1H3. The number of esters is 1. The molecule has 1 heterocycles. The van der Waals surface area contributed by atoms with Crippen LogP contribution in [0.25, 0.3) is 11.4 Å². The van der Waals surface area contributed by atoms with E-state index < -0.39 is 15.7 Å². The molecule has 2 aromatic rings. The number of non-ortho nitro benzene ring substituents is 1. The van der Waals surface area contributed by atoms with E-state index in [1.165, 1.54) is 30.3 Å². The number of nitrogens with zero attached hydrogens (tertiary/aromatic N) is 4. The molecule has 0 radical (unpaired) electrons. The molecule has 1 unspecified atom stereocenters. The Hall–Kier alpha value is -2.29. The highest BCUT2D eigenvalue weighted by atomic mass is 79.9. The van der Waals surface area contributed by atoms with E-state index in [9.17, 15) is 14.9 Å². The lowest BCUT2D eigenvalue weighted by atomic mass is 10.2. The number of rotatable bonds is 5. The van der Waals surface area contributed by atoms with Crippen LogP contribution in [0.4, 0.5) is 5.69 Å². The Kier molecular flexibility index (Phi) is 4.63. The maximum absolute atomic E-state index is 11.3. The summed E-state index contributed by atoms with van der Waals surface area (Å²) >= 11 is 3.19. The van der Waals surface area contributed by atoms with Gasteiger partial charge >= 0.3 is 5.97 Å². The normalized spacial score (nSPS) is 11.9. The molecule has 0 aliphatic rings. The van der Waals surface area contributed by atoms with Crippen LogP contribution in [-0.4, -0.2) is 37.6 Å². The van der Waals surface area contributed by atoms with Crippen LogP contribution in [-0.2, 0) is 16.1 Å². The molecule has 0 N–H and O–H groups in total. The number of hydrogen-bond donors (Lipinski definition) is 0. The quantitative estimate of drug-likeness (QED) is 0.351. The number of carbonyl (C=O) groups is 1. The molecule has 0 saturated heterocycles. The van der Waals surface area contributed by atoms with Crippen LogP contribution in [0.3, 0.4) is 0 Å². The summed E-state index contributed by atoms with van der Waals surface area (Å²) in [6, 6.07) is 5.92. The highest BCUT2D eigenvalue weighted by Gasteiger charge is 2.17. The van der Waals surface area contributed by atoms with Gasteiger partial charge in [0.1, 0.15) is 11.2 Å². The molecule has 1 aromatic carbocycles. The van der Waals surface area contributed by atoms with E-state index in [4.69, 9.17) is 0 Å². The second-order valence-corrected chi connectivity index (χ2v) is 5.19. The predicted octanol–water partition coefficient (Wildman–Crippen LogP) is 1.79. The third-order valence-electron chi connectivity index (χ3n) is 2.68. The molecule has 8 nitrogen and oxygen atoms in total. The zero-order valence-corrected chi connectivity index (χ0v) is 12.6. The predicted molar refractivity (Wildman–Crippen MR) is 76.8 cm³/mol. The van der Waals surface area contributed by atoms with Gasteiger partial charge in [-0.2, -0.15) is 5.10 Å². The Balaban J connectivity index is 2.12. The van der Waals surface area contributed by atoms with Crippen molar-refractivity contribution in [2.75, 3.05) is 7.11 Å². The number of alkyl halides is 1. The van der Waals surface area contributed by atoms with E-state index >= 15 is 0 Å². The molecule has 0 aliphatic carbocycles. The van der Waals surface area contributed by atoms with Crippen molar-refractivity contribution >= 4 is 27.6 Å². The fraction of sp³-hybridized carbons (Fsp3) is 0.250. The molecule has 0 fully saturated rings. The van der Waals surface area contributed by atoms with Gasteiger partial charge in [0, 0.05) is 17.7 Å². The summed E-state index contributed by atoms with van der Waals surface area (Å²) in [4.78, 5) is 25.0. The Morgan fingerprint density at radius 2 is 2.14 bits per heavy atom. The molecule has 1 atom stereocenters. The molecule has 110 valence electrons. The van der Waals surface area contributed by atoms with E-state index in [1.807, 2.05) is 0 Å². The fourth-order valence-corrected chi connectivity index (χ4v) is 2.10. The third kappa shape index (κ3) is 3.63. The lowest BCUT2D eigenvalue weighted by molar-refractivity contribution is -0.384. The highest BCUT2D eigenvalue weighted by molar-refractivity contribution is 9.10. The van der Waals surface area contributed by atoms with Crippen molar-refractivity contribution in [3.05, 3.63) is 40.7 Å². The van der Waals surface area contributed by atoms with Crippen molar-refractivity contribution < 1.29 is 14.5 Å². The summed E-state index contributed by atoms with van der Waals surface area (Å²) in [5, 5.41) is 14.8. The third-order valence-corrected chi connectivity index (χ3v) is 3.34. The molecular formula is C12H11BrN4O4. The molecule has 0 aliphatic heterocycles. The van der Waals surface area contributed by atoms with Gasteiger partial charge in [0.15, 0.2) is 5.82 Å². The van der Waals surface area contributed by atoms with Gasteiger partial charge < -0.3 is 4.74 Å². The van der Waals surface area contributed by atoms with Crippen molar-refractivity contribution in [2.24, 2.45) is 0 Å².